The third kappa shape index (κ3) is 1.57. The molecule has 72 valence electrons. The summed E-state index contributed by atoms with van der Waals surface area (Å²) in [6.45, 7) is -0.606. The van der Waals surface area contributed by atoms with Gasteiger partial charge in [0.25, 0.3) is 0 Å². The fourth-order valence-electron chi connectivity index (χ4n) is 1.06. The van der Waals surface area contributed by atoms with Gasteiger partial charge in [0.05, 0.1) is 6.61 Å². The average molecular weight is 182 g/mol. The zero-order valence-corrected chi connectivity index (χ0v) is 6.17. The molecule has 0 aromatic heterocycles. The highest BCUT2D eigenvalue weighted by Crippen LogP contribution is 2.21. The molecule has 0 bridgehead atoms. The number of halogens is 1. The Bertz CT molecular complexity index is 150. The Kier molecular flexibility index (Phi) is 2.97. The zero-order valence-electron chi connectivity index (χ0n) is 6.17. The van der Waals surface area contributed by atoms with Crippen molar-refractivity contribution >= 4 is 0 Å². The van der Waals surface area contributed by atoms with Crippen LogP contribution in [0.1, 0.15) is 0 Å². The van der Waals surface area contributed by atoms with Crippen molar-refractivity contribution in [3.63, 3.8) is 0 Å². The van der Waals surface area contributed by atoms with E-state index < -0.39 is 37.4 Å². The van der Waals surface area contributed by atoms with Crippen LogP contribution in [0.3, 0.4) is 0 Å². The van der Waals surface area contributed by atoms with E-state index in [9.17, 15) is 4.39 Å². The summed E-state index contributed by atoms with van der Waals surface area (Å²) < 4.78 is 17.3. The predicted octanol–water partition coefficient (Wildman–Crippen LogP) is -2.24. The Hall–Kier alpha value is -0.270. The maximum absolute atomic E-state index is 12.8. The number of hydrogen-bond acceptors (Lipinski definition) is 5. The molecule has 1 fully saturated rings. The van der Waals surface area contributed by atoms with Gasteiger partial charge in [0.2, 0.25) is 0 Å². The van der Waals surface area contributed by atoms with Crippen molar-refractivity contribution in [1.29, 1.82) is 0 Å². The lowest BCUT2D eigenvalue weighted by Gasteiger charge is -2.36. The molecule has 4 N–H and O–H groups in total. The summed E-state index contributed by atoms with van der Waals surface area (Å²) in [6, 6.07) is 0. The predicted molar refractivity (Wildman–Crippen MR) is 34.9 cm³/mol. The van der Waals surface area contributed by atoms with Crippen LogP contribution in [0, 0.1) is 0 Å². The number of rotatable bonds is 1. The summed E-state index contributed by atoms with van der Waals surface area (Å²) in [6.07, 6.45) is -8.24. The Morgan fingerprint density at radius 2 is 1.75 bits per heavy atom. The van der Waals surface area contributed by atoms with Crippen LogP contribution < -0.4 is 0 Å². The molecule has 1 aliphatic rings. The summed E-state index contributed by atoms with van der Waals surface area (Å²) in [5.74, 6) is 0. The van der Waals surface area contributed by atoms with Crippen LogP contribution >= 0.6 is 0 Å². The zero-order chi connectivity index (χ0) is 9.30. The second-order valence-electron chi connectivity index (χ2n) is 2.67. The molecule has 0 radical (unpaired) electrons. The molecule has 5 nitrogen and oxygen atoms in total. The van der Waals surface area contributed by atoms with E-state index in [2.05, 4.69) is 4.74 Å². The Morgan fingerprint density at radius 1 is 1.17 bits per heavy atom. The SMILES string of the molecule is OCC1OC(O)C(O)[C@@H](F)[C@@H]1O. The van der Waals surface area contributed by atoms with Crippen molar-refractivity contribution in [1.82, 2.24) is 0 Å². The highest BCUT2D eigenvalue weighted by Gasteiger charge is 2.43. The van der Waals surface area contributed by atoms with Crippen LogP contribution in [0.2, 0.25) is 0 Å². The first kappa shape index (κ1) is 9.82. The van der Waals surface area contributed by atoms with E-state index in [1.165, 1.54) is 0 Å². The van der Waals surface area contributed by atoms with Crippen molar-refractivity contribution in [3.05, 3.63) is 0 Å². The van der Waals surface area contributed by atoms with Gasteiger partial charge in [-0.15, -0.1) is 0 Å². The van der Waals surface area contributed by atoms with Gasteiger partial charge in [-0.05, 0) is 0 Å². The van der Waals surface area contributed by atoms with Gasteiger partial charge in [0.1, 0.15) is 18.3 Å². The maximum Gasteiger partial charge on any atom is 0.184 e. The minimum Gasteiger partial charge on any atom is -0.394 e. The molecule has 1 aliphatic heterocycles. The number of hydrogen-bond donors (Lipinski definition) is 4. The van der Waals surface area contributed by atoms with E-state index >= 15 is 0 Å². The molecule has 3 unspecified atom stereocenters. The molecule has 1 heterocycles. The van der Waals surface area contributed by atoms with E-state index in [4.69, 9.17) is 20.4 Å². The lowest BCUT2D eigenvalue weighted by Crippen LogP contribution is -2.56. The van der Waals surface area contributed by atoms with Gasteiger partial charge in [-0.2, -0.15) is 0 Å². The van der Waals surface area contributed by atoms with Gasteiger partial charge < -0.3 is 25.2 Å². The maximum atomic E-state index is 12.8. The molecule has 0 amide bonds. The van der Waals surface area contributed by atoms with Crippen LogP contribution in [-0.2, 0) is 4.74 Å². The minimum absolute atomic E-state index is 0.606. The van der Waals surface area contributed by atoms with Crippen molar-refractivity contribution in [2.45, 2.75) is 30.8 Å². The lowest BCUT2D eigenvalue weighted by atomic mass is 10.0. The van der Waals surface area contributed by atoms with E-state index in [1.807, 2.05) is 0 Å². The first-order chi connectivity index (χ1) is 5.57. The third-order valence-corrected chi connectivity index (χ3v) is 1.82. The second-order valence-corrected chi connectivity index (χ2v) is 2.67. The lowest BCUT2D eigenvalue weighted by molar-refractivity contribution is -0.274. The highest BCUT2D eigenvalue weighted by molar-refractivity contribution is 4.88. The second kappa shape index (κ2) is 3.63. The van der Waals surface area contributed by atoms with Crippen molar-refractivity contribution in [2.24, 2.45) is 0 Å². The first-order valence-electron chi connectivity index (χ1n) is 3.52. The molecule has 1 rings (SSSR count). The van der Waals surface area contributed by atoms with Gasteiger partial charge in [-0.3, -0.25) is 0 Å². The Morgan fingerprint density at radius 3 is 2.25 bits per heavy atom. The summed E-state index contributed by atoms with van der Waals surface area (Å²) >= 11 is 0. The molecule has 1 saturated heterocycles. The summed E-state index contributed by atoms with van der Waals surface area (Å²) in [5.41, 5.74) is 0. The van der Waals surface area contributed by atoms with Crippen LogP contribution in [0.4, 0.5) is 4.39 Å². The largest absolute Gasteiger partial charge is 0.394 e. The van der Waals surface area contributed by atoms with Crippen LogP contribution in [0.15, 0.2) is 0 Å². The molecule has 6 heteroatoms. The van der Waals surface area contributed by atoms with Crippen molar-refractivity contribution < 1.29 is 29.6 Å². The molecular formula is C6H11FO5. The quantitative estimate of drug-likeness (QED) is 0.368. The van der Waals surface area contributed by atoms with Gasteiger partial charge in [0, 0.05) is 0 Å². The first-order valence-corrected chi connectivity index (χ1v) is 3.52. The molecule has 12 heavy (non-hydrogen) atoms. The normalized spacial score (nSPS) is 49.2. The van der Waals surface area contributed by atoms with Crippen LogP contribution in [-0.4, -0.2) is 57.8 Å². The van der Waals surface area contributed by atoms with E-state index in [-0.39, 0.29) is 0 Å². The molecule has 5 atom stereocenters. The van der Waals surface area contributed by atoms with E-state index in [1.54, 1.807) is 0 Å². The van der Waals surface area contributed by atoms with E-state index in [0.717, 1.165) is 0 Å². The van der Waals surface area contributed by atoms with Crippen LogP contribution in [0.25, 0.3) is 0 Å². The fraction of sp³-hybridized carbons (Fsp3) is 1.00. The highest BCUT2D eigenvalue weighted by atomic mass is 19.1. The van der Waals surface area contributed by atoms with Crippen LogP contribution in [0.5, 0.6) is 0 Å². The summed E-state index contributed by atoms with van der Waals surface area (Å²) in [7, 11) is 0. The van der Waals surface area contributed by atoms with Gasteiger partial charge >= 0.3 is 0 Å². The van der Waals surface area contributed by atoms with E-state index in [0.29, 0.717) is 0 Å². The number of aliphatic hydroxyl groups excluding tert-OH is 4. The minimum atomic E-state index is -1.99. The summed E-state index contributed by atoms with van der Waals surface area (Å²) in [5, 5.41) is 35.2. The Balaban J connectivity index is 2.63. The third-order valence-electron chi connectivity index (χ3n) is 1.82. The fourth-order valence-corrected chi connectivity index (χ4v) is 1.06. The molecule has 0 aromatic carbocycles. The smallest absolute Gasteiger partial charge is 0.184 e. The molecule has 0 spiro atoms. The number of aliphatic hydroxyl groups is 4. The molecule has 0 aliphatic carbocycles. The van der Waals surface area contributed by atoms with Gasteiger partial charge in [0.15, 0.2) is 12.5 Å². The number of ether oxygens (including phenoxy) is 1. The topological polar surface area (TPSA) is 90.2 Å². The molecular weight excluding hydrogens is 171 g/mol. The van der Waals surface area contributed by atoms with Gasteiger partial charge in [-0.1, -0.05) is 0 Å². The Labute approximate surface area is 68.0 Å². The van der Waals surface area contributed by atoms with Gasteiger partial charge in [-0.25, -0.2) is 4.39 Å². The number of alkyl halides is 1. The average Bonchev–Trinajstić information content (AvgIpc) is 2.08. The van der Waals surface area contributed by atoms with Crippen molar-refractivity contribution in [2.75, 3.05) is 6.61 Å². The van der Waals surface area contributed by atoms with Crippen molar-refractivity contribution in [3.8, 4) is 0 Å². The summed E-state index contributed by atoms with van der Waals surface area (Å²) in [4.78, 5) is 0. The molecule has 0 saturated carbocycles. The molecule has 0 aromatic rings. The monoisotopic (exact) mass is 182 g/mol. The standard InChI is InChI=1S/C6H11FO5/c7-3-4(9)2(1-8)12-6(11)5(3)10/h2-6,8-11H,1H2/t2?,3-,4+,5?,6?/m0/s1.